The zero-order valence-corrected chi connectivity index (χ0v) is 11.6. The molecule has 0 spiro atoms. The van der Waals surface area contributed by atoms with Gasteiger partial charge >= 0.3 is 11.9 Å². The maximum absolute atomic E-state index is 11.9. The first-order valence-electron chi connectivity index (χ1n) is 5.98. The number of ether oxygens (including phenoxy) is 1. The standard InChI is InChI=1S/C12H13N3O4S/c1-2-19-12(18)7-5-20-11-9(7)10(14-6-15-11)13-4-3-8(16)17/h5-6H,2-4H2,1H3,(H,16,17)(H,13,14,15). The molecule has 0 aliphatic carbocycles. The van der Waals surface area contributed by atoms with Crippen molar-refractivity contribution in [2.24, 2.45) is 0 Å². The number of aliphatic carboxylic acids is 1. The molecule has 0 aliphatic rings. The van der Waals surface area contributed by atoms with Crippen LogP contribution >= 0.6 is 11.3 Å². The Labute approximate surface area is 118 Å². The largest absolute Gasteiger partial charge is 0.481 e. The predicted octanol–water partition coefficient (Wildman–Crippen LogP) is 1.75. The minimum atomic E-state index is -0.904. The van der Waals surface area contributed by atoms with Crippen LogP contribution in [0.2, 0.25) is 0 Å². The summed E-state index contributed by atoms with van der Waals surface area (Å²) >= 11 is 1.31. The van der Waals surface area contributed by atoms with E-state index < -0.39 is 11.9 Å². The number of carboxylic acid groups (broad SMARTS) is 1. The fourth-order valence-electron chi connectivity index (χ4n) is 1.66. The lowest BCUT2D eigenvalue weighted by molar-refractivity contribution is -0.136. The van der Waals surface area contributed by atoms with Gasteiger partial charge in [0.05, 0.1) is 24.0 Å². The zero-order chi connectivity index (χ0) is 14.5. The third-order valence-corrected chi connectivity index (χ3v) is 3.38. The van der Waals surface area contributed by atoms with Gasteiger partial charge in [-0.2, -0.15) is 0 Å². The molecule has 7 nitrogen and oxygen atoms in total. The van der Waals surface area contributed by atoms with E-state index in [-0.39, 0.29) is 19.6 Å². The van der Waals surface area contributed by atoms with Crippen LogP contribution < -0.4 is 5.32 Å². The van der Waals surface area contributed by atoms with Gasteiger partial charge in [-0.3, -0.25) is 4.79 Å². The summed E-state index contributed by atoms with van der Waals surface area (Å²) < 4.78 is 4.98. The summed E-state index contributed by atoms with van der Waals surface area (Å²) in [6.07, 6.45) is 1.33. The number of carbonyl (C=O) groups is 2. The third kappa shape index (κ3) is 3.02. The van der Waals surface area contributed by atoms with Crippen molar-refractivity contribution in [2.75, 3.05) is 18.5 Å². The third-order valence-electron chi connectivity index (χ3n) is 2.50. The number of esters is 1. The molecular formula is C12H13N3O4S. The average molecular weight is 295 g/mol. The summed E-state index contributed by atoms with van der Waals surface area (Å²) in [5.74, 6) is -0.894. The number of fused-ring (bicyclic) bond motifs is 1. The van der Waals surface area contributed by atoms with E-state index in [1.54, 1.807) is 12.3 Å². The molecule has 0 atom stereocenters. The lowest BCUT2D eigenvalue weighted by Gasteiger charge is -2.06. The van der Waals surface area contributed by atoms with E-state index in [0.29, 0.717) is 21.6 Å². The van der Waals surface area contributed by atoms with E-state index in [2.05, 4.69) is 15.3 Å². The number of rotatable bonds is 6. The van der Waals surface area contributed by atoms with Crippen LogP contribution in [0.25, 0.3) is 10.2 Å². The van der Waals surface area contributed by atoms with E-state index in [4.69, 9.17) is 9.84 Å². The van der Waals surface area contributed by atoms with Crippen LogP contribution in [-0.2, 0) is 9.53 Å². The minimum absolute atomic E-state index is 0.0373. The molecule has 2 N–H and O–H groups in total. The second-order valence-electron chi connectivity index (χ2n) is 3.84. The lowest BCUT2D eigenvalue weighted by atomic mass is 10.2. The Morgan fingerprint density at radius 1 is 1.45 bits per heavy atom. The van der Waals surface area contributed by atoms with E-state index in [9.17, 15) is 9.59 Å². The number of hydrogen-bond donors (Lipinski definition) is 2. The van der Waals surface area contributed by atoms with Gasteiger partial charge in [-0.1, -0.05) is 0 Å². The van der Waals surface area contributed by atoms with Crippen LogP contribution in [0.1, 0.15) is 23.7 Å². The summed E-state index contributed by atoms with van der Waals surface area (Å²) in [7, 11) is 0. The fourth-order valence-corrected chi connectivity index (χ4v) is 2.53. The number of carboxylic acids is 1. The van der Waals surface area contributed by atoms with Crippen LogP contribution in [-0.4, -0.2) is 40.2 Å². The normalized spacial score (nSPS) is 10.4. The Hall–Kier alpha value is -2.22. The van der Waals surface area contributed by atoms with Crippen molar-refractivity contribution in [3.63, 3.8) is 0 Å². The lowest BCUT2D eigenvalue weighted by Crippen LogP contribution is -2.10. The number of thiophene rings is 1. The first-order valence-corrected chi connectivity index (χ1v) is 6.86. The second-order valence-corrected chi connectivity index (χ2v) is 4.70. The van der Waals surface area contributed by atoms with Crippen molar-refractivity contribution in [2.45, 2.75) is 13.3 Å². The highest BCUT2D eigenvalue weighted by Gasteiger charge is 2.18. The molecule has 2 heterocycles. The van der Waals surface area contributed by atoms with E-state index in [1.807, 2.05) is 0 Å². The van der Waals surface area contributed by atoms with Gasteiger partial charge < -0.3 is 15.2 Å². The van der Waals surface area contributed by atoms with Gasteiger partial charge in [-0.05, 0) is 6.92 Å². The van der Waals surface area contributed by atoms with E-state index in [1.165, 1.54) is 17.7 Å². The second kappa shape index (κ2) is 6.29. The molecule has 20 heavy (non-hydrogen) atoms. The average Bonchev–Trinajstić information content (AvgIpc) is 2.83. The van der Waals surface area contributed by atoms with Gasteiger partial charge in [0.1, 0.15) is 17.0 Å². The number of hydrogen-bond acceptors (Lipinski definition) is 7. The first-order chi connectivity index (χ1) is 9.63. The number of nitrogens with one attached hydrogen (secondary N) is 1. The molecule has 2 aromatic rings. The molecule has 2 aromatic heterocycles. The maximum Gasteiger partial charge on any atom is 0.339 e. The molecule has 0 saturated heterocycles. The Kier molecular flexibility index (Phi) is 4.46. The Morgan fingerprint density at radius 3 is 2.95 bits per heavy atom. The number of carbonyl (C=O) groups excluding carboxylic acids is 1. The molecule has 0 aromatic carbocycles. The Morgan fingerprint density at radius 2 is 2.25 bits per heavy atom. The van der Waals surface area contributed by atoms with E-state index >= 15 is 0 Å². The van der Waals surface area contributed by atoms with Crippen molar-refractivity contribution >= 4 is 39.3 Å². The van der Waals surface area contributed by atoms with Gasteiger partial charge in [0.2, 0.25) is 0 Å². The molecule has 0 unspecified atom stereocenters. The molecule has 0 saturated carbocycles. The molecular weight excluding hydrogens is 282 g/mol. The Bertz CT molecular complexity index is 641. The van der Waals surface area contributed by atoms with Gasteiger partial charge in [0.15, 0.2) is 0 Å². The van der Waals surface area contributed by atoms with Crippen molar-refractivity contribution < 1.29 is 19.4 Å². The minimum Gasteiger partial charge on any atom is -0.481 e. The summed E-state index contributed by atoms with van der Waals surface area (Å²) in [4.78, 5) is 31.2. The quantitative estimate of drug-likeness (QED) is 0.783. The van der Waals surface area contributed by atoms with E-state index in [0.717, 1.165) is 0 Å². The van der Waals surface area contributed by atoms with Crippen molar-refractivity contribution in [1.82, 2.24) is 9.97 Å². The number of aromatic nitrogens is 2. The Balaban J connectivity index is 2.31. The summed E-state index contributed by atoms with van der Waals surface area (Å²) in [5, 5.41) is 13.8. The zero-order valence-electron chi connectivity index (χ0n) is 10.8. The van der Waals surface area contributed by atoms with Gasteiger partial charge in [-0.25, -0.2) is 14.8 Å². The highest BCUT2D eigenvalue weighted by Crippen LogP contribution is 2.29. The monoisotopic (exact) mass is 295 g/mol. The topological polar surface area (TPSA) is 101 Å². The molecule has 0 amide bonds. The molecule has 2 rings (SSSR count). The fraction of sp³-hybridized carbons (Fsp3) is 0.333. The van der Waals surface area contributed by atoms with Crippen LogP contribution in [0.4, 0.5) is 5.82 Å². The SMILES string of the molecule is CCOC(=O)c1csc2ncnc(NCCC(=O)O)c12. The van der Waals surface area contributed by atoms with Crippen LogP contribution in [0, 0.1) is 0 Å². The van der Waals surface area contributed by atoms with Crippen LogP contribution in [0.15, 0.2) is 11.7 Å². The number of anilines is 1. The summed E-state index contributed by atoms with van der Waals surface area (Å²) in [5.41, 5.74) is 0.394. The number of nitrogens with zero attached hydrogens (tertiary/aromatic N) is 2. The summed E-state index contributed by atoms with van der Waals surface area (Å²) in [6.45, 7) is 2.24. The molecule has 0 bridgehead atoms. The van der Waals surface area contributed by atoms with Crippen molar-refractivity contribution in [3.8, 4) is 0 Å². The van der Waals surface area contributed by atoms with Crippen molar-refractivity contribution in [3.05, 3.63) is 17.3 Å². The highest BCUT2D eigenvalue weighted by molar-refractivity contribution is 7.17. The molecule has 106 valence electrons. The smallest absolute Gasteiger partial charge is 0.339 e. The maximum atomic E-state index is 11.9. The van der Waals surface area contributed by atoms with Gasteiger partial charge in [-0.15, -0.1) is 11.3 Å². The van der Waals surface area contributed by atoms with Crippen molar-refractivity contribution in [1.29, 1.82) is 0 Å². The first kappa shape index (κ1) is 14.2. The van der Waals surface area contributed by atoms with Gasteiger partial charge in [0.25, 0.3) is 0 Å². The van der Waals surface area contributed by atoms with Gasteiger partial charge in [0, 0.05) is 11.9 Å². The molecule has 8 heteroatoms. The highest BCUT2D eigenvalue weighted by atomic mass is 32.1. The van der Waals surface area contributed by atoms with Crippen LogP contribution in [0.3, 0.4) is 0 Å². The predicted molar refractivity (Wildman–Crippen MR) is 74.1 cm³/mol. The van der Waals surface area contributed by atoms with Crippen LogP contribution in [0.5, 0.6) is 0 Å². The molecule has 0 fully saturated rings. The molecule has 0 radical (unpaired) electrons. The summed E-state index contributed by atoms with van der Waals surface area (Å²) in [6, 6.07) is 0. The molecule has 0 aliphatic heterocycles.